The zero-order valence-corrected chi connectivity index (χ0v) is 16.6. The van der Waals surface area contributed by atoms with Gasteiger partial charge in [0.25, 0.3) is 0 Å². The van der Waals surface area contributed by atoms with Gasteiger partial charge in [-0.2, -0.15) is 0 Å². The Balaban J connectivity index is 1.52. The van der Waals surface area contributed by atoms with E-state index in [-0.39, 0.29) is 0 Å². The molecule has 6 heteroatoms. The highest BCUT2D eigenvalue weighted by atomic mass is 79.9. The van der Waals surface area contributed by atoms with Gasteiger partial charge in [0, 0.05) is 37.2 Å². The monoisotopic (exact) mass is 419 g/mol. The van der Waals surface area contributed by atoms with Crippen molar-refractivity contribution in [2.24, 2.45) is 0 Å². The highest BCUT2D eigenvalue weighted by Gasteiger charge is 2.20. The molecule has 1 heterocycles. The van der Waals surface area contributed by atoms with Crippen molar-refractivity contribution in [3.63, 3.8) is 0 Å². The van der Waals surface area contributed by atoms with Crippen LogP contribution in [0, 0.1) is 0 Å². The third-order valence-corrected chi connectivity index (χ3v) is 5.22. The Morgan fingerprint density at radius 3 is 2.60 bits per heavy atom. The van der Waals surface area contributed by atoms with Crippen LogP contribution in [0.5, 0.6) is 5.75 Å². The molecule has 0 unspecified atom stereocenters. The first-order valence-electron chi connectivity index (χ1n) is 8.32. The van der Waals surface area contributed by atoms with E-state index in [2.05, 4.69) is 55.3 Å². The first-order valence-corrected chi connectivity index (χ1v) is 9.52. The fourth-order valence-electron chi connectivity index (χ4n) is 2.98. The number of benzene rings is 2. The van der Waals surface area contributed by atoms with Crippen LogP contribution in [-0.2, 0) is 6.54 Å². The van der Waals surface area contributed by atoms with Crippen LogP contribution in [0.15, 0.2) is 53.0 Å². The molecule has 0 aliphatic carbocycles. The van der Waals surface area contributed by atoms with Gasteiger partial charge in [0.15, 0.2) is 5.11 Å². The molecular weight excluding hydrogens is 398 g/mol. The summed E-state index contributed by atoms with van der Waals surface area (Å²) in [6.45, 7) is 4.41. The Kier molecular flexibility index (Phi) is 6.15. The van der Waals surface area contributed by atoms with E-state index in [1.54, 1.807) is 7.11 Å². The molecular formula is C19H22BrN3OS. The van der Waals surface area contributed by atoms with E-state index in [1.165, 1.54) is 5.56 Å². The molecule has 25 heavy (non-hydrogen) atoms. The lowest BCUT2D eigenvalue weighted by molar-refractivity contribution is 0.373. The van der Waals surface area contributed by atoms with Crippen molar-refractivity contribution in [1.29, 1.82) is 0 Å². The molecule has 1 N–H and O–H groups in total. The van der Waals surface area contributed by atoms with E-state index in [0.29, 0.717) is 0 Å². The van der Waals surface area contributed by atoms with Crippen molar-refractivity contribution >= 4 is 38.9 Å². The first-order chi connectivity index (χ1) is 12.2. The molecule has 1 fully saturated rings. The largest absolute Gasteiger partial charge is 0.495 e. The lowest BCUT2D eigenvalue weighted by Crippen LogP contribution is -2.51. The maximum absolute atomic E-state index is 5.57. The zero-order valence-electron chi connectivity index (χ0n) is 14.2. The van der Waals surface area contributed by atoms with Gasteiger partial charge in [0.1, 0.15) is 5.75 Å². The number of thiocarbonyl (C=S) groups is 1. The van der Waals surface area contributed by atoms with Crippen LogP contribution in [0.1, 0.15) is 5.56 Å². The maximum atomic E-state index is 5.57. The van der Waals surface area contributed by atoms with Gasteiger partial charge in [0.2, 0.25) is 0 Å². The third kappa shape index (κ3) is 4.64. The fraction of sp³-hybridized carbons (Fsp3) is 0.316. The summed E-state index contributed by atoms with van der Waals surface area (Å²) in [5.41, 5.74) is 2.36. The summed E-state index contributed by atoms with van der Waals surface area (Å²) in [5, 5.41) is 4.19. The molecule has 0 atom stereocenters. The third-order valence-electron chi connectivity index (χ3n) is 4.33. The number of hydrogen-bond acceptors (Lipinski definition) is 3. The molecule has 0 bridgehead atoms. The van der Waals surface area contributed by atoms with Crippen molar-refractivity contribution < 1.29 is 4.74 Å². The van der Waals surface area contributed by atoms with Crippen LogP contribution in [-0.4, -0.2) is 43.3 Å². The summed E-state index contributed by atoms with van der Waals surface area (Å²) in [6, 6.07) is 16.4. The van der Waals surface area contributed by atoms with Crippen molar-refractivity contribution in [3.8, 4) is 5.75 Å². The van der Waals surface area contributed by atoms with Gasteiger partial charge in [-0.05, 0) is 42.0 Å². The summed E-state index contributed by atoms with van der Waals surface area (Å²) in [5.74, 6) is 0.923. The molecule has 0 spiro atoms. The van der Waals surface area contributed by atoms with E-state index in [4.69, 9.17) is 17.0 Å². The Labute approximate surface area is 162 Å². The second-order valence-electron chi connectivity index (χ2n) is 5.93. The van der Waals surface area contributed by atoms with E-state index >= 15 is 0 Å². The average molecular weight is 420 g/mol. The van der Waals surface area contributed by atoms with Crippen LogP contribution in [0.4, 0.5) is 5.69 Å². The molecule has 2 aromatic rings. The summed E-state index contributed by atoms with van der Waals surface area (Å²) >= 11 is 9.07. The van der Waals surface area contributed by atoms with Crippen LogP contribution in [0.2, 0.25) is 0 Å². The molecule has 4 nitrogen and oxygen atoms in total. The van der Waals surface area contributed by atoms with Gasteiger partial charge in [-0.25, -0.2) is 0 Å². The van der Waals surface area contributed by atoms with E-state index in [9.17, 15) is 0 Å². The van der Waals surface area contributed by atoms with Crippen LogP contribution in [0.25, 0.3) is 0 Å². The molecule has 0 radical (unpaired) electrons. The second kappa shape index (κ2) is 8.54. The maximum Gasteiger partial charge on any atom is 0.169 e. The highest BCUT2D eigenvalue weighted by Crippen LogP contribution is 2.28. The predicted octanol–water partition coefficient (Wildman–Crippen LogP) is 3.65. The molecule has 2 aromatic carbocycles. The molecule has 1 aliphatic heterocycles. The molecule has 0 aromatic heterocycles. The smallest absolute Gasteiger partial charge is 0.169 e. The molecule has 3 rings (SSSR count). The van der Waals surface area contributed by atoms with Crippen LogP contribution >= 0.6 is 28.1 Å². The summed E-state index contributed by atoms with van der Waals surface area (Å²) in [7, 11) is 1.72. The van der Waals surface area contributed by atoms with Gasteiger partial charge in [0.05, 0.1) is 12.8 Å². The SMILES string of the molecule is COc1ccccc1N1CCN(C(=S)NCc2cccc(Br)c2)CC1. The number of methoxy groups -OCH3 is 1. The fourth-order valence-corrected chi connectivity index (χ4v) is 3.68. The summed E-state index contributed by atoms with van der Waals surface area (Å²) in [4.78, 5) is 4.59. The Bertz CT molecular complexity index is 732. The van der Waals surface area contributed by atoms with Gasteiger partial charge >= 0.3 is 0 Å². The number of nitrogens with zero attached hydrogens (tertiary/aromatic N) is 2. The molecule has 132 valence electrons. The zero-order chi connectivity index (χ0) is 17.6. The van der Waals surface area contributed by atoms with Crippen molar-refractivity contribution in [1.82, 2.24) is 10.2 Å². The van der Waals surface area contributed by atoms with Crippen LogP contribution in [0.3, 0.4) is 0 Å². The Morgan fingerprint density at radius 1 is 1.12 bits per heavy atom. The lowest BCUT2D eigenvalue weighted by atomic mass is 10.2. The minimum atomic E-state index is 0.741. The highest BCUT2D eigenvalue weighted by molar-refractivity contribution is 9.10. The number of anilines is 1. The molecule has 0 saturated carbocycles. The number of halogens is 1. The topological polar surface area (TPSA) is 27.7 Å². The number of nitrogens with one attached hydrogen (secondary N) is 1. The quantitative estimate of drug-likeness (QED) is 0.763. The standard InChI is InChI=1S/C19H22BrN3OS/c1-24-18-8-3-2-7-17(18)22-9-11-23(12-10-22)19(25)21-14-15-5-4-6-16(20)13-15/h2-8,13H,9-12,14H2,1H3,(H,21,25). The van der Waals surface area contributed by atoms with Gasteiger partial charge in [-0.3, -0.25) is 0 Å². The molecule has 0 amide bonds. The van der Waals surface area contributed by atoms with Gasteiger partial charge < -0.3 is 19.9 Å². The number of ether oxygens (including phenoxy) is 1. The summed E-state index contributed by atoms with van der Waals surface area (Å²) in [6.07, 6.45) is 0. The Morgan fingerprint density at radius 2 is 1.88 bits per heavy atom. The van der Waals surface area contributed by atoms with E-state index in [1.807, 2.05) is 24.3 Å². The van der Waals surface area contributed by atoms with Crippen molar-refractivity contribution in [2.45, 2.75) is 6.54 Å². The van der Waals surface area contributed by atoms with E-state index < -0.39 is 0 Å². The van der Waals surface area contributed by atoms with Gasteiger partial charge in [-0.15, -0.1) is 0 Å². The Hall–Kier alpha value is -1.79. The molecule has 1 saturated heterocycles. The van der Waals surface area contributed by atoms with Crippen molar-refractivity contribution in [3.05, 3.63) is 58.6 Å². The predicted molar refractivity (Wildman–Crippen MR) is 110 cm³/mol. The van der Waals surface area contributed by atoms with Crippen LogP contribution < -0.4 is 15.0 Å². The minimum absolute atomic E-state index is 0.741. The molecule has 1 aliphatic rings. The van der Waals surface area contributed by atoms with Gasteiger partial charge in [-0.1, -0.05) is 40.2 Å². The number of piperazine rings is 1. The summed E-state index contributed by atoms with van der Waals surface area (Å²) < 4.78 is 6.56. The normalized spacial score (nSPS) is 14.3. The number of hydrogen-bond donors (Lipinski definition) is 1. The average Bonchev–Trinajstić information content (AvgIpc) is 2.66. The van der Waals surface area contributed by atoms with E-state index in [0.717, 1.165) is 53.7 Å². The minimum Gasteiger partial charge on any atom is -0.495 e. The lowest BCUT2D eigenvalue weighted by Gasteiger charge is -2.37. The second-order valence-corrected chi connectivity index (χ2v) is 7.24. The number of para-hydroxylation sites is 2. The van der Waals surface area contributed by atoms with Crippen molar-refractivity contribution in [2.75, 3.05) is 38.2 Å². The number of rotatable bonds is 4. The first kappa shape index (κ1) is 18.0.